The first-order chi connectivity index (χ1) is 13.2. The zero-order valence-electron chi connectivity index (χ0n) is 14.8. The SMILES string of the molecule is C=CCn1c(C)c(/C=c2\sc3nc4ccccc4n3c2=O)c2ccccc21. The molecule has 3 aromatic heterocycles. The second kappa shape index (κ2) is 5.93. The second-order valence-corrected chi connectivity index (χ2v) is 7.56. The number of fused-ring (bicyclic) bond motifs is 4. The monoisotopic (exact) mass is 371 g/mol. The molecule has 3 heterocycles. The summed E-state index contributed by atoms with van der Waals surface area (Å²) in [4.78, 5) is 18.4. The van der Waals surface area contributed by atoms with E-state index < -0.39 is 0 Å². The smallest absolute Gasteiger partial charge is 0.274 e. The van der Waals surface area contributed by atoms with E-state index in [0.29, 0.717) is 4.53 Å². The molecule has 0 bridgehead atoms. The fraction of sp³-hybridized carbons (Fsp3) is 0.0909. The van der Waals surface area contributed by atoms with Crippen molar-refractivity contribution >= 4 is 44.3 Å². The van der Waals surface area contributed by atoms with Crippen LogP contribution in [0, 0.1) is 6.92 Å². The molecule has 5 rings (SSSR count). The fourth-order valence-corrected chi connectivity index (χ4v) is 4.72. The van der Waals surface area contributed by atoms with Crippen molar-refractivity contribution in [3.63, 3.8) is 0 Å². The van der Waals surface area contributed by atoms with Gasteiger partial charge in [-0.05, 0) is 31.2 Å². The Bertz CT molecular complexity index is 1450. The van der Waals surface area contributed by atoms with E-state index in [0.717, 1.165) is 44.7 Å². The van der Waals surface area contributed by atoms with Gasteiger partial charge in [-0.25, -0.2) is 9.38 Å². The Balaban J connectivity index is 1.83. The molecule has 0 saturated heterocycles. The minimum absolute atomic E-state index is 0.0105. The van der Waals surface area contributed by atoms with E-state index in [2.05, 4.69) is 35.2 Å². The van der Waals surface area contributed by atoms with Gasteiger partial charge in [0, 0.05) is 28.7 Å². The van der Waals surface area contributed by atoms with Crippen LogP contribution in [0.2, 0.25) is 0 Å². The Labute approximate surface area is 159 Å². The standard InChI is InChI=1S/C22H17N3OS/c1-3-12-24-14(2)16(15-8-4-6-10-18(15)24)13-20-21(26)25-19-11-7-5-9-17(19)23-22(25)27-20/h3-11,13H,1,12H2,2H3/b20-13-. The van der Waals surface area contributed by atoms with Crippen molar-refractivity contribution in [1.29, 1.82) is 0 Å². The van der Waals surface area contributed by atoms with Gasteiger partial charge in [0.15, 0.2) is 4.96 Å². The lowest BCUT2D eigenvalue weighted by Gasteiger charge is -2.03. The molecule has 0 radical (unpaired) electrons. The van der Waals surface area contributed by atoms with Crippen molar-refractivity contribution in [3.8, 4) is 0 Å². The van der Waals surface area contributed by atoms with Gasteiger partial charge >= 0.3 is 0 Å². The average molecular weight is 371 g/mol. The highest BCUT2D eigenvalue weighted by molar-refractivity contribution is 7.15. The number of hydrogen-bond acceptors (Lipinski definition) is 3. The third-order valence-electron chi connectivity index (χ3n) is 5.01. The van der Waals surface area contributed by atoms with Crippen LogP contribution in [0.5, 0.6) is 0 Å². The number of para-hydroxylation sites is 3. The average Bonchev–Trinajstić information content (AvgIpc) is 3.28. The van der Waals surface area contributed by atoms with Crippen LogP contribution in [0.4, 0.5) is 0 Å². The molecule has 0 N–H and O–H groups in total. The van der Waals surface area contributed by atoms with Crippen LogP contribution in [-0.4, -0.2) is 14.0 Å². The number of benzene rings is 2. The van der Waals surface area contributed by atoms with Crippen molar-refractivity contribution in [2.24, 2.45) is 0 Å². The van der Waals surface area contributed by atoms with Gasteiger partial charge in [-0.2, -0.15) is 0 Å². The molecule has 0 aliphatic carbocycles. The molecule has 4 nitrogen and oxygen atoms in total. The van der Waals surface area contributed by atoms with Gasteiger partial charge in [0.25, 0.3) is 5.56 Å². The summed E-state index contributed by atoms with van der Waals surface area (Å²) >= 11 is 1.44. The second-order valence-electron chi connectivity index (χ2n) is 6.55. The Hall–Kier alpha value is -3.18. The van der Waals surface area contributed by atoms with Crippen LogP contribution < -0.4 is 10.1 Å². The molecule has 0 aliphatic heterocycles. The molecule has 0 spiro atoms. The first kappa shape index (κ1) is 16.0. The van der Waals surface area contributed by atoms with Crippen LogP contribution in [0.25, 0.3) is 33.0 Å². The van der Waals surface area contributed by atoms with Crippen molar-refractivity contribution in [2.45, 2.75) is 13.5 Å². The Morgan fingerprint density at radius 3 is 2.67 bits per heavy atom. The Morgan fingerprint density at radius 1 is 1.11 bits per heavy atom. The van der Waals surface area contributed by atoms with E-state index in [4.69, 9.17) is 0 Å². The number of hydrogen-bond donors (Lipinski definition) is 0. The summed E-state index contributed by atoms with van der Waals surface area (Å²) in [6.07, 6.45) is 3.90. The summed E-state index contributed by atoms with van der Waals surface area (Å²) in [5.41, 5.74) is 5.07. The van der Waals surface area contributed by atoms with E-state index in [1.165, 1.54) is 11.3 Å². The van der Waals surface area contributed by atoms with Crippen LogP contribution in [0.1, 0.15) is 11.3 Å². The molecular formula is C22H17N3OS. The molecule has 5 heteroatoms. The van der Waals surface area contributed by atoms with Crippen molar-refractivity contribution in [2.75, 3.05) is 0 Å². The highest BCUT2D eigenvalue weighted by atomic mass is 32.1. The first-order valence-corrected chi connectivity index (χ1v) is 9.61. The number of imidazole rings is 1. The molecule has 132 valence electrons. The molecule has 0 amide bonds. The van der Waals surface area contributed by atoms with Crippen molar-refractivity contribution in [3.05, 3.63) is 87.3 Å². The fourth-order valence-electron chi connectivity index (χ4n) is 3.75. The minimum atomic E-state index is -0.0105. The van der Waals surface area contributed by atoms with E-state index in [-0.39, 0.29) is 5.56 Å². The molecule has 0 saturated carbocycles. The van der Waals surface area contributed by atoms with Gasteiger partial charge in [0.05, 0.1) is 15.6 Å². The topological polar surface area (TPSA) is 39.3 Å². The lowest BCUT2D eigenvalue weighted by molar-refractivity contribution is 0.828. The maximum atomic E-state index is 13.1. The van der Waals surface area contributed by atoms with E-state index in [1.807, 2.05) is 48.6 Å². The summed E-state index contributed by atoms with van der Waals surface area (Å²) in [6, 6.07) is 16.0. The quantitative estimate of drug-likeness (QED) is 0.451. The normalized spacial score (nSPS) is 12.6. The number of aromatic nitrogens is 3. The van der Waals surface area contributed by atoms with E-state index >= 15 is 0 Å². The summed E-state index contributed by atoms with van der Waals surface area (Å²) in [5.74, 6) is 0. The molecule has 5 aromatic rings. The molecule has 2 aromatic carbocycles. The minimum Gasteiger partial charge on any atom is -0.340 e. The molecule has 0 atom stereocenters. The maximum absolute atomic E-state index is 13.1. The van der Waals surface area contributed by atoms with Gasteiger partial charge in [0.1, 0.15) is 0 Å². The lowest BCUT2D eigenvalue weighted by Crippen LogP contribution is -2.22. The van der Waals surface area contributed by atoms with Crippen LogP contribution in [-0.2, 0) is 6.54 Å². The van der Waals surface area contributed by atoms with Gasteiger partial charge in [-0.15, -0.1) is 6.58 Å². The predicted octanol–water partition coefficient (Wildman–Crippen LogP) is 3.91. The number of nitrogens with zero attached hydrogens (tertiary/aromatic N) is 3. The van der Waals surface area contributed by atoms with Crippen LogP contribution >= 0.6 is 11.3 Å². The van der Waals surface area contributed by atoms with Gasteiger partial charge in [-0.1, -0.05) is 47.7 Å². The summed E-state index contributed by atoms with van der Waals surface area (Å²) < 4.78 is 4.64. The largest absolute Gasteiger partial charge is 0.340 e. The first-order valence-electron chi connectivity index (χ1n) is 8.79. The maximum Gasteiger partial charge on any atom is 0.274 e. The van der Waals surface area contributed by atoms with Gasteiger partial charge in [-0.3, -0.25) is 4.79 Å². The third-order valence-corrected chi connectivity index (χ3v) is 5.98. The molecule has 0 aliphatic rings. The number of allylic oxidation sites excluding steroid dienone is 1. The highest BCUT2D eigenvalue weighted by Gasteiger charge is 2.14. The summed E-state index contributed by atoms with van der Waals surface area (Å²) in [7, 11) is 0. The Kier molecular flexibility index (Phi) is 3.52. The van der Waals surface area contributed by atoms with Crippen LogP contribution in [0.15, 0.2) is 66.0 Å². The molecule has 0 fully saturated rings. The zero-order chi connectivity index (χ0) is 18.5. The Morgan fingerprint density at radius 2 is 1.85 bits per heavy atom. The van der Waals surface area contributed by atoms with E-state index in [1.54, 1.807) is 4.40 Å². The van der Waals surface area contributed by atoms with Gasteiger partial charge in [0.2, 0.25) is 0 Å². The van der Waals surface area contributed by atoms with Crippen molar-refractivity contribution < 1.29 is 0 Å². The van der Waals surface area contributed by atoms with E-state index in [9.17, 15) is 4.79 Å². The number of rotatable bonds is 3. The third kappa shape index (κ3) is 2.28. The molecule has 27 heavy (non-hydrogen) atoms. The lowest BCUT2D eigenvalue weighted by atomic mass is 10.1. The molecular weight excluding hydrogens is 354 g/mol. The van der Waals surface area contributed by atoms with Crippen molar-refractivity contribution in [1.82, 2.24) is 14.0 Å². The number of thiazole rings is 1. The van der Waals surface area contributed by atoms with Gasteiger partial charge < -0.3 is 4.57 Å². The summed E-state index contributed by atoms with van der Waals surface area (Å²) in [5, 5.41) is 1.15. The zero-order valence-corrected chi connectivity index (χ0v) is 15.7. The molecule has 0 unspecified atom stereocenters. The summed E-state index contributed by atoms with van der Waals surface area (Å²) in [6.45, 7) is 6.70. The highest BCUT2D eigenvalue weighted by Crippen LogP contribution is 2.26. The van der Waals surface area contributed by atoms with Crippen LogP contribution in [0.3, 0.4) is 0 Å². The predicted molar refractivity (Wildman–Crippen MR) is 113 cm³/mol.